The number of hydrogen-bond acceptors (Lipinski definition) is 6. The summed E-state index contributed by atoms with van der Waals surface area (Å²) in [6.07, 6.45) is 6.36. The van der Waals surface area contributed by atoms with Crippen LogP contribution in [0.25, 0.3) is 16.9 Å². The molecule has 1 saturated carbocycles. The number of nitrogens with zero attached hydrogens (tertiary/aromatic N) is 2. The standard InChI is InChI=1S/C23H25F2N3O4/c1-30-19-10-15(11-20(32-23(24)25)22(19)18(29)9-14-3-4-14)17-13-27-21-12-16(5-7-28(17)21)31-8-2-6-26/h5,7,10-14,23H,2-4,6,8-9,26H2,1H3. The van der Waals surface area contributed by atoms with Gasteiger partial charge in [0, 0.05) is 24.2 Å². The van der Waals surface area contributed by atoms with Crippen molar-refractivity contribution in [2.45, 2.75) is 32.3 Å². The topological polar surface area (TPSA) is 88.1 Å². The zero-order valence-electron chi connectivity index (χ0n) is 17.7. The number of imidazole rings is 1. The van der Waals surface area contributed by atoms with Crippen molar-refractivity contribution >= 4 is 11.4 Å². The van der Waals surface area contributed by atoms with Crippen LogP contribution in [0.5, 0.6) is 17.2 Å². The average Bonchev–Trinajstić information content (AvgIpc) is 3.48. The highest BCUT2D eigenvalue weighted by Crippen LogP contribution is 2.40. The lowest BCUT2D eigenvalue weighted by atomic mass is 10.00. The van der Waals surface area contributed by atoms with E-state index in [0.717, 1.165) is 19.3 Å². The Labute approximate surface area is 184 Å². The Balaban J connectivity index is 1.72. The van der Waals surface area contributed by atoms with Gasteiger partial charge in [-0.1, -0.05) is 0 Å². The molecule has 32 heavy (non-hydrogen) atoms. The Morgan fingerprint density at radius 1 is 1.28 bits per heavy atom. The largest absolute Gasteiger partial charge is 0.496 e. The lowest BCUT2D eigenvalue weighted by Crippen LogP contribution is -2.11. The minimum absolute atomic E-state index is 0.0489. The second kappa shape index (κ2) is 9.52. The highest BCUT2D eigenvalue weighted by atomic mass is 19.3. The third-order valence-electron chi connectivity index (χ3n) is 5.35. The van der Waals surface area contributed by atoms with Gasteiger partial charge in [-0.3, -0.25) is 9.20 Å². The van der Waals surface area contributed by atoms with E-state index in [1.165, 1.54) is 13.2 Å². The summed E-state index contributed by atoms with van der Waals surface area (Å²) in [4.78, 5) is 17.2. The molecule has 3 aromatic rings. The number of pyridine rings is 1. The van der Waals surface area contributed by atoms with Crippen molar-refractivity contribution in [3.05, 3.63) is 42.2 Å². The second-order valence-electron chi connectivity index (χ2n) is 7.73. The molecule has 1 aliphatic rings. The van der Waals surface area contributed by atoms with Crippen molar-refractivity contribution in [1.29, 1.82) is 0 Å². The Kier molecular flexibility index (Phi) is 6.55. The van der Waals surface area contributed by atoms with Gasteiger partial charge in [-0.25, -0.2) is 4.98 Å². The minimum atomic E-state index is -3.07. The number of Topliss-reactive ketones (excluding diaryl/α,β-unsaturated/α-hetero) is 1. The quantitative estimate of drug-likeness (QED) is 0.349. The number of alkyl halides is 2. The first-order valence-electron chi connectivity index (χ1n) is 10.5. The molecule has 9 heteroatoms. The van der Waals surface area contributed by atoms with Gasteiger partial charge >= 0.3 is 6.61 Å². The van der Waals surface area contributed by atoms with Crippen molar-refractivity contribution in [3.8, 4) is 28.5 Å². The molecule has 0 unspecified atom stereocenters. The van der Waals surface area contributed by atoms with Gasteiger partial charge in [-0.15, -0.1) is 0 Å². The van der Waals surface area contributed by atoms with Crippen molar-refractivity contribution in [2.75, 3.05) is 20.3 Å². The molecular formula is C23H25F2N3O4. The van der Waals surface area contributed by atoms with Gasteiger partial charge in [0.05, 0.1) is 25.6 Å². The number of halogens is 2. The van der Waals surface area contributed by atoms with Gasteiger partial charge in [0.2, 0.25) is 0 Å². The molecule has 0 amide bonds. The molecule has 0 atom stereocenters. The number of carbonyl (C=O) groups is 1. The van der Waals surface area contributed by atoms with Crippen LogP contribution in [0, 0.1) is 5.92 Å². The molecule has 0 saturated heterocycles. The Morgan fingerprint density at radius 3 is 2.75 bits per heavy atom. The summed E-state index contributed by atoms with van der Waals surface area (Å²) >= 11 is 0. The zero-order valence-corrected chi connectivity index (χ0v) is 17.7. The predicted molar refractivity (Wildman–Crippen MR) is 115 cm³/mol. The first kappa shape index (κ1) is 22.0. The van der Waals surface area contributed by atoms with Gasteiger partial charge in [0.1, 0.15) is 28.5 Å². The molecule has 1 aromatic carbocycles. The summed E-state index contributed by atoms with van der Waals surface area (Å²) in [6.45, 7) is -2.03. The molecule has 2 heterocycles. The fourth-order valence-corrected chi connectivity index (χ4v) is 3.59. The fourth-order valence-electron chi connectivity index (χ4n) is 3.59. The normalized spacial score (nSPS) is 13.5. The van der Waals surface area contributed by atoms with E-state index in [1.54, 1.807) is 35.0 Å². The van der Waals surface area contributed by atoms with E-state index >= 15 is 0 Å². The first-order valence-corrected chi connectivity index (χ1v) is 10.5. The number of ketones is 1. The van der Waals surface area contributed by atoms with Gasteiger partial charge in [0.25, 0.3) is 0 Å². The third kappa shape index (κ3) is 4.83. The number of methoxy groups -OCH3 is 1. The van der Waals surface area contributed by atoms with E-state index in [2.05, 4.69) is 4.98 Å². The third-order valence-corrected chi connectivity index (χ3v) is 5.35. The molecular weight excluding hydrogens is 420 g/mol. The van der Waals surface area contributed by atoms with Crippen molar-refractivity contribution in [3.63, 3.8) is 0 Å². The van der Waals surface area contributed by atoms with Crippen LogP contribution < -0.4 is 19.9 Å². The van der Waals surface area contributed by atoms with Crippen LogP contribution in [0.4, 0.5) is 8.78 Å². The summed E-state index contributed by atoms with van der Waals surface area (Å²) in [5, 5.41) is 0. The average molecular weight is 445 g/mol. The summed E-state index contributed by atoms with van der Waals surface area (Å²) in [5.74, 6) is 0.691. The fraction of sp³-hybridized carbons (Fsp3) is 0.391. The number of fused-ring (bicyclic) bond motifs is 1. The highest BCUT2D eigenvalue weighted by Gasteiger charge is 2.29. The lowest BCUT2D eigenvalue weighted by Gasteiger charge is -2.16. The van der Waals surface area contributed by atoms with Crippen LogP contribution in [0.3, 0.4) is 0 Å². The molecule has 4 rings (SSSR count). The van der Waals surface area contributed by atoms with Gasteiger partial charge < -0.3 is 19.9 Å². The van der Waals surface area contributed by atoms with E-state index in [4.69, 9.17) is 19.9 Å². The Hall–Kier alpha value is -3.20. The SMILES string of the molecule is COc1cc(-c2cnc3cc(OCCCN)ccn23)cc(OC(F)F)c1C(=O)CC1CC1. The molecule has 2 N–H and O–H groups in total. The molecule has 0 spiro atoms. The Bertz CT molecular complexity index is 1110. The van der Waals surface area contributed by atoms with Crippen molar-refractivity contribution < 1.29 is 27.8 Å². The number of benzene rings is 1. The van der Waals surface area contributed by atoms with E-state index in [0.29, 0.717) is 41.7 Å². The van der Waals surface area contributed by atoms with Gasteiger partial charge in [-0.05, 0) is 49.9 Å². The number of aromatic nitrogens is 2. The second-order valence-corrected chi connectivity index (χ2v) is 7.73. The van der Waals surface area contributed by atoms with Crippen LogP contribution in [-0.4, -0.2) is 42.0 Å². The maximum atomic E-state index is 13.2. The van der Waals surface area contributed by atoms with E-state index < -0.39 is 6.61 Å². The summed E-state index contributed by atoms with van der Waals surface area (Å²) in [6, 6.07) is 6.65. The maximum Gasteiger partial charge on any atom is 0.387 e. The predicted octanol–water partition coefficient (Wildman–Crippen LogP) is 4.32. The number of nitrogens with two attached hydrogens (primary N) is 1. The van der Waals surface area contributed by atoms with Crippen LogP contribution in [0.1, 0.15) is 36.0 Å². The van der Waals surface area contributed by atoms with E-state index in [9.17, 15) is 13.6 Å². The van der Waals surface area contributed by atoms with E-state index in [1.807, 2.05) is 0 Å². The highest BCUT2D eigenvalue weighted by molar-refractivity contribution is 6.02. The van der Waals surface area contributed by atoms with Crippen LogP contribution in [0.2, 0.25) is 0 Å². The van der Waals surface area contributed by atoms with Gasteiger partial charge in [-0.2, -0.15) is 8.78 Å². The van der Waals surface area contributed by atoms with Crippen LogP contribution in [-0.2, 0) is 0 Å². The molecule has 170 valence electrons. The van der Waals surface area contributed by atoms with Crippen LogP contribution in [0.15, 0.2) is 36.7 Å². The molecule has 2 aromatic heterocycles. The van der Waals surface area contributed by atoms with Gasteiger partial charge in [0.15, 0.2) is 5.78 Å². The first-order chi connectivity index (χ1) is 15.5. The zero-order chi connectivity index (χ0) is 22.7. The molecule has 7 nitrogen and oxygen atoms in total. The lowest BCUT2D eigenvalue weighted by molar-refractivity contribution is -0.0502. The maximum absolute atomic E-state index is 13.2. The molecule has 0 bridgehead atoms. The smallest absolute Gasteiger partial charge is 0.387 e. The number of hydrogen-bond donors (Lipinski definition) is 1. The number of carbonyl (C=O) groups excluding carboxylic acids is 1. The Morgan fingerprint density at radius 2 is 2.06 bits per heavy atom. The summed E-state index contributed by atoms with van der Waals surface area (Å²) in [5.41, 5.74) is 7.32. The number of ether oxygens (including phenoxy) is 3. The van der Waals surface area contributed by atoms with Crippen molar-refractivity contribution in [1.82, 2.24) is 9.38 Å². The van der Waals surface area contributed by atoms with E-state index in [-0.39, 0.29) is 29.3 Å². The minimum Gasteiger partial charge on any atom is -0.496 e. The van der Waals surface area contributed by atoms with Crippen LogP contribution >= 0.6 is 0 Å². The monoisotopic (exact) mass is 445 g/mol. The summed E-state index contributed by atoms with van der Waals surface area (Å²) < 4.78 is 43.9. The molecule has 0 radical (unpaired) electrons. The molecule has 1 fully saturated rings. The number of rotatable bonds is 11. The molecule has 1 aliphatic carbocycles. The summed E-state index contributed by atoms with van der Waals surface area (Å²) in [7, 11) is 1.40. The molecule has 0 aliphatic heterocycles. The van der Waals surface area contributed by atoms with Crippen molar-refractivity contribution in [2.24, 2.45) is 11.7 Å².